The molecule has 20 heavy (non-hydrogen) atoms. The van der Waals surface area contributed by atoms with Crippen LogP contribution in [0.25, 0.3) is 0 Å². The number of anilines is 1. The average molecular weight is 383 g/mol. The minimum absolute atomic E-state index is 0.0695. The first kappa shape index (κ1) is 15.2. The van der Waals surface area contributed by atoms with E-state index in [1.54, 1.807) is 0 Å². The summed E-state index contributed by atoms with van der Waals surface area (Å²) in [5, 5.41) is 0. The van der Waals surface area contributed by atoms with Gasteiger partial charge in [0.15, 0.2) is 0 Å². The van der Waals surface area contributed by atoms with E-state index in [1.807, 2.05) is 30.3 Å². The molecule has 0 aromatic heterocycles. The molecule has 0 aliphatic carbocycles. The molecule has 2 aromatic carbocycles. The van der Waals surface area contributed by atoms with Crippen LogP contribution in [-0.2, 0) is 0 Å². The Hall–Kier alpha value is -1.17. The molecule has 2 rings (SSSR count). The Labute approximate surface area is 131 Å². The molecule has 0 bridgehead atoms. The van der Waals surface area contributed by atoms with E-state index in [1.165, 1.54) is 13.8 Å². The van der Waals surface area contributed by atoms with Gasteiger partial charge in [-0.15, -0.1) is 0 Å². The zero-order valence-corrected chi connectivity index (χ0v) is 14.4. The standard InChI is InChI=1S/C17H21NOTe/c1-18(2)15-9-11-17(12-10-15)20-14-6-13-19-16-7-4-3-5-8-16/h3-5,7-12H,6,13-14H2,1-2H3. The Morgan fingerprint density at radius 1 is 0.950 bits per heavy atom. The summed E-state index contributed by atoms with van der Waals surface area (Å²) in [7, 11) is 4.15. The van der Waals surface area contributed by atoms with Crippen LogP contribution in [0.2, 0.25) is 4.47 Å². The van der Waals surface area contributed by atoms with Crippen LogP contribution in [0.5, 0.6) is 5.75 Å². The van der Waals surface area contributed by atoms with Crippen molar-refractivity contribution >= 4 is 30.2 Å². The number of benzene rings is 2. The third-order valence-electron chi connectivity index (χ3n) is 2.92. The molecule has 0 heterocycles. The first-order valence-electron chi connectivity index (χ1n) is 6.84. The second-order valence-electron chi connectivity index (χ2n) is 4.75. The van der Waals surface area contributed by atoms with Crippen molar-refractivity contribution < 1.29 is 4.74 Å². The number of para-hydroxylation sites is 1. The van der Waals surface area contributed by atoms with Crippen molar-refractivity contribution in [3.8, 4) is 5.75 Å². The predicted molar refractivity (Wildman–Crippen MR) is 87.5 cm³/mol. The molecule has 0 saturated carbocycles. The normalized spacial score (nSPS) is 10.3. The Morgan fingerprint density at radius 2 is 1.65 bits per heavy atom. The van der Waals surface area contributed by atoms with Gasteiger partial charge in [-0.3, -0.25) is 0 Å². The minimum atomic E-state index is -0.0695. The van der Waals surface area contributed by atoms with Crippen molar-refractivity contribution in [3.05, 3.63) is 54.6 Å². The van der Waals surface area contributed by atoms with Gasteiger partial charge in [-0.25, -0.2) is 0 Å². The SMILES string of the molecule is CN(C)c1ccc([Te]CCCOc2ccccc2)cc1. The zero-order chi connectivity index (χ0) is 14.2. The van der Waals surface area contributed by atoms with E-state index in [0.717, 1.165) is 18.8 Å². The first-order chi connectivity index (χ1) is 9.75. The molecular formula is C17H21NOTe. The van der Waals surface area contributed by atoms with Gasteiger partial charge in [0, 0.05) is 0 Å². The van der Waals surface area contributed by atoms with Gasteiger partial charge >= 0.3 is 132 Å². The van der Waals surface area contributed by atoms with Gasteiger partial charge in [-0.1, -0.05) is 0 Å². The number of hydrogen-bond acceptors (Lipinski definition) is 2. The summed E-state index contributed by atoms with van der Waals surface area (Å²) in [6.07, 6.45) is 1.15. The molecule has 2 nitrogen and oxygen atoms in total. The quantitative estimate of drug-likeness (QED) is 0.539. The van der Waals surface area contributed by atoms with Gasteiger partial charge in [0.05, 0.1) is 0 Å². The monoisotopic (exact) mass is 385 g/mol. The van der Waals surface area contributed by atoms with E-state index in [2.05, 4.69) is 43.3 Å². The van der Waals surface area contributed by atoms with Gasteiger partial charge in [-0.05, 0) is 0 Å². The van der Waals surface area contributed by atoms with Crippen LogP contribution in [0.15, 0.2) is 54.6 Å². The molecule has 0 atom stereocenters. The first-order valence-corrected chi connectivity index (χ1v) is 9.65. The number of hydrogen-bond donors (Lipinski definition) is 0. The zero-order valence-electron chi connectivity index (χ0n) is 12.1. The van der Waals surface area contributed by atoms with Crippen molar-refractivity contribution in [2.45, 2.75) is 10.9 Å². The van der Waals surface area contributed by atoms with Gasteiger partial charge < -0.3 is 0 Å². The van der Waals surface area contributed by atoms with E-state index < -0.39 is 0 Å². The Bertz CT molecular complexity index is 496. The van der Waals surface area contributed by atoms with Gasteiger partial charge in [0.25, 0.3) is 0 Å². The number of nitrogens with zero attached hydrogens (tertiary/aromatic N) is 1. The molecule has 0 amide bonds. The van der Waals surface area contributed by atoms with Crippen LogP contribution >= 0.6 is 0 Å². The maximum absolute atomic E-state index is 5.71. The van der Waals surface area contributed by atoms with Crippen LogP contribution < -0.4 is 13.2 Å². The maximum atomic E-state index is 5.71. The Morgan fingerprint density at radius 3 is 2.30 bits per heavy atom. The average Bonchev–Trinajstić information content (AvgIpc) is 2.48. The summed E-state index contributed by atoms with van der Waals surface area (Å²) >= 11 is -0.0695. The van der Waals surface area contributed by atoms with Gasteiger partial charge in [0.1, 0.15) is 0 Å². The number of rotatable bonds is 7. The summed E-state index contributed by atoms with van der Waals surface area (Å²) < 4.78 is 8.53. The molecule has 106 valence electrons. The summed E-state index contributed by atoms with van der Waals surface area (Å²) in [4.78, 5) is 2.14. The number of ether oxygens (including phenoxy) is 1. The van der Waals surface area contributed by atoms with Crippen LogP contribution in [0, 0.1) is 0 Å². The molecule has 0 fully saturated rings. The van der Waals surface area contributed by atoms with Crippen molar-refractivity contribution in [2.75, 3.05) is 25.6 Å². The summed E-state index contributed by atoms with van der Waals surface area (Å²) in [5.41, 5.74) is 1.27. The van der Waals surface area contributed by atoms with E-state index in [0.29, 0.717) is 0 Å². The van der Waals surface area contributed by atoms with E-state index in [9.17, 15) is 0 Å². The molecule has 2 aromatic rings. The molecular weight excluding hydrogens is 362 g/mol. The Kier molecular flexibility index (Phi) is 6.23. The fourth-order valence-corrected chi connectivity index (χ4v) is 4.15. The van der Waals surface area contributed by atoms with Crippen LogP contribution in [0.1, 0.15) is 6.42 Å². The predicted octanol–water partition coefficient (Wildman–Crippen LogP) is 2.97. The second kappa shape index (κ2) is 8.19. The molecule has 0 saturated heterocycles. The fraction of sp³-hybridized carbons (Fsp3) is 0.294. The van der Waals surface area contributed by atoms with Crippen molar-refractivity contribution in [2.24, 2.45) is 0 Å². The van der Waals surface area contributed by atoms with Crippen molar-refractivity contribution in [3.63, 3.8) is 0 Å². The topological polar surface area (TPSA) is 12.5 Å². The van der Waals surface area contributed by atoms with Crippen molar-refractivity contribution in [1.82, 2.24) is 0 Å². The van der Waals surface area contributed by atoms with E-state index in [4.69, 9.17) is 4.74 Å². The summed E-state index contributed by atoms with van der Waals surface area (Å²) in [6.45, 7) is 0.824. The molecule has 3 heteroatoms. The van der Waals surface area contributed by atoms with Crippen LogP contribution in [0.3, 0.4) is 0 Å². The van der Waals surface area contributed by atoms with Crippen LogP contribution in [-0.4, -0.2) is 41.6 Å². The third kappa shape index (κ3) is 5.07. The van der Waals surface area contributed by atoms with Gasteiger partial charge in [0.2, 0.25) is 0 Å². The molecule has 0 unspecified atom stereocenters. The second-order valence-corrected chi connectivity index (χ2v) is 8.09. The molecule has 0 aliphatic rings. The molecule has 0 spiro atoms. The van der Waals surface area contributed by atoms with Crippen LogP contribution in [0.4, 0.5) is 5.69 Å². The fourth-order valence-electron chi connectivity index (χ4n) is 1.80. The molecule has 0 N–H and O–H groups in total. The van der Waals surface area contributed by atoms with Gasteiger partial charge in [-0.2, -0.15) is 0 Å². The van der Waals surface area contributed by atoms with E-state index >= 15 is 0 Å². The molecule has 0 radical (unpaired) electrons. The third-order valence-corrected chi connectivity index (χ3v) is 6.06. The molecule has 0 aliphatic heterocycles. The summed E-state index contributed by atoms with van der Waals surface area (Å²) in [5.74, 6) is 0.975. The van der Waals surface area contributed by atoms with Crippen molar-refractivity contribution in [1.29, 1.82) is 0 Å². The summed E-state index contributed by atoms with van der Waals surface area (Å²) in [6, 6.07) is 19.0. The van der Waals surface area contributed by atoms with E-state index in [-0.39, 0.29) is 20.9 Å². The Balaban J connectivity index is 1.66.